The summed E-state index contributed by atoms with van der Waals surface area (Å²) in [4.78, 5) is 36.5. The molecule has 0 saturated heterocycles. The van der Waals surface area contributed by atoms with Crippen LogP contribution in [-0.4, -0.2) is 64.7 Å². The van der Waals surface area contributed by atoms with Gasteiger partial charge in [0.05, 0.1) is 5.75 Å². The van der Waals surface area contributed by atoms with E-state index in [0.717, 1.165) is 40.4 Å². The van der Waals surface area contributed by atoms with E-state index in [9.17, 15) is 28.0 Å². The summed E-state index contributed by atoms with van der Waals surface area (Å²) < 4.78 is 44.2. The number of nitrogens with zero attached hydrogens (tertiary/aromatic N) is 2. The number of ether oxygens (including phenoxy) is 2. The Labute approximate surface area is 282 Å². The lowest BCUT2D eigenvalue weighted by Gasteiger charge is -2.25. The Balaban J connectivity index is 1.58. The average molecular weight is 706 g/mol. The summed E-state index contributed by atoms with van der Waals surface area (Å²) in [6.45, 7) is 1.61. The van der Waals surface area contributed by atoms with Crippen molar-refractivity contribution in [2.24, 2.45) is 0 Å². The molecule has 1 aromatic heterocycles. The molecule has 1 aliphatic rings. The number of H-pyrrole nitrogens is 1. The van der Waals surface area contributed by atoms with Gasteiger partial charge in [-0.2, -0.15) is 0 Å². The molecule has 14 heteroatoms. The van der Waals surface area contributed by atoms with Crippen LogP contribution in [0.4, 0.5) is 0 Å². The van der Waals surface area contributed by atoms with Crippen molar-refractivity contribution in [2.45, 2.75) is 148 Å². The fourth-order valence-electron chi connectivity index (χ4n) is 5.75. The van der Waals surface area contributed by atoms with Gasteiger partial charge < -0.3 is 24.0 Å². The number of unbranched alkanes of at least 4 members (excludes halogenated alkanes) is 19. The first kappa shape index (κ1) is 41.4. The van der Waals surface area contributed by atoms with Crippen molar-refractivity contribution in [3.8, 4) is 0 Å². The standard InChI is InChI=1S/C33H60N3O9PS/c1-4-5-6-7-8-9-10-11-12-13-14-15-16-17-18-19-20-21-22-23-26-47(41,42)35(2)46(40)45-30-28(27-37)44-32(31(30)43-3)36-25-24-29(38)34-33(36)39/h24-25,31-32,37,40H,4-23,26-27H2,1-3H3,(H,34,38,39)/t31?,32-,46?/m1/s1. The predicted octanol–water partition coefficient (Wildman–Crippen LogP) is 6.60. The van der Waals surface area contributed by atoms with Gasteiger partial charge in [0.15, 0.2) is 17.6 Å². The Morgan fingerprint density at radius 2 is 1.34 bits per heavy atom. The van der Waals surface area contributed by atoms with Gasteiger partial charge in [-0.3, -0.25) is 14.3 Å². The van der Waals surface area contributed by atoms with E-state index in [1.165, 1.54) is 117 Å². The molecule has 12 nitrogen and oxygen atoms in total. The van der Waals surface area contributed by atoms with Gasteiger partial charge in [0.1, 0.15) is 6.61 Å². The smallest absolute Gasteiger partial charge is 0.332 e. The Morgan fingerprint density at radius 3 is 1.77 bits per heavy atom. The molecule has 47 heavy (non-hydrogen) atoms. The van der Waals surface area contributed by atoms with Crippen LogP contribution in [0, 0.1) is 0 Å². The SMILES string of the molecule is CCCCCCCCCCCCCCCCCCCCCCS(=O)(=O)N(C)P(O)OC1=C(CO)O[C@@H](n2ccc(=O)[nH]c2=O)C1OC. The van der Waals surface area contributed by atoms with E-state index in [1.807, 2.05) is 0 Å². The lowest BCUT2D eigenvalue weighted by atomic mass is 10.0. The minimum atomic E-state index is -3.83. The average Bonchev–Trinajstić information content (AvgIpc) is 3.39. The minimum absolute atomic E-state index is 0.124. The molecular formula is C33H60N3O9PS. The molecule has 0 spiro atoms. The van der Waals surface area contributed by atoms with E-state index in [-0.39, 0.29) is 17.3 Å². The van der Waals surface area contributed by atoms with Gasteiger partial charge >= 0.3 is 14.2 Å². The molecule has 272 valence electrons. The molecule has 1 aliphatic heterocycles. The number of aromatic amines is 1. The van der Waals surface area contributed by atoms with Crippen LogP contribution >= 0.6 is 8.53 Å². The number of aliphatic hydroxyl groups excluding tert-OH is 1. The Hall–Kier alpha value is -1.76. The lowest BCUT2D eigenvalue weighted by molar-refractivity contribution is -0.0365. The quantitative estimate of drug-likeness (QED) is 0.0644. The zero-order valence-electron chi connectivity index (χ0n) is 28.9. The third-order valence-corrected chi connectivity index (χ3v) is 12.3. The summed E-state index contributed by atoms with van der Waals surface area (Å²) in [7, 11) is -3.97. The first-order valence-corrected chi connectivity index (χ1v) is 20.4. The molecule has 0 bridgehead atoms. The molecule has 2 rings (SSSR count). The van der Waals surface area contributed by atoms with E-state index in [0.29, 0.717) is 6.42 Å². The minimum Gasteiger partial charge on any atom is -0.465 e. The number of hydrogen-bond acceptors (Lipinski definition) is 9. The van der Waals surface area contributed by atoms with Crippen LogP contribution in [0.5, 0.6) is 0 Å². The zero-order chi connectivity index (χ0) is 34.5. The van der Waals surface area contributed by atoms with Crippen molar-refractivity contribution >= 4 is 18.5 Å². The van der Waals surface area contributed by atoms with E-state index < -0.39 is 48.7 Å². The topological polar surface area (TPSA) is 160 Å². The molecule has 0 aliphatic carbocycles. The molecular weight excluding hydrogens is 645 g/mol. The van der Waals surface area contributed by atoms with Crippen LogP contribution in [0.1, 0.15) is 142 Å². The number of aromatic nitrogens is 2. The van der Waals surface area contributed by atoms with Crippen molar-refractivity contribution < 1.29 is 32.4 Å². The van der Waals surface area contributed by atoms with Crippen molar-refractivity contribution in [1.82, 2.24) is 13.6 Å². The third-order valence-electron chi connectivity index (χ3n) is 8.66. The predicted molar refractivity (Wildman–Crippen MR) is 186 cm³/mol. The van der Waals surface area contributed by atoms with Crippen molar-refractivity contribution in [3.05, 3.63) is 44.6 Å². The molecule has 1 aromatic rings. The van der Waals surface area contributed by atoms with E-state index >= 15 is 0 Å². The molecule has 2 unspecified atom stereocenters. The van der Waals surface area contributed by atoms with Crippen molar-refractivity contribution in [3.63, 3.8) is 0 Å². The third kappa shape index (κ3) is 15.1. The van der Waals surface area contributed by atoms with Gasteiger partial charge in [0.25, 0.3) is 5.56 Å². The van der Waals surface area contributed by atoms with Gasteiger partial charge in [0, 0.05) is 26.4 Å². The highest BCUT2D eigenvalue weighted by atomic mass is 32.2. The Kier molecular flexibility index (Phi) is 20.8. The summed E-state index contributed by atoms with van der Waals surface area (Å²) in [6.07, 6.45) is 23.7. The number of sulfonamides is 1. The normalized spacial score (nSPS) is 17.4. The zero-order valence-corrected chi connectivity index (χ0v) is 30.6. The van der Waals surface area contributed by atoms with Gasteiger partial charge in [-0.1, -0.05) is 129 Å². The largest absolute Gasteiger partial charge is 0.465 e. The second-order valence-electron chi connectivity index (χ2n) is 12.4. The number of nitrogens with one attached hydrogen (secondary N) is 1. The maximum Gasteiger partial charge on any atom is 0.332 e. The summed E-state index contributed by atoms with van der Waals surface area (Å²) in [5.74, 6) is -0.384. The lowest BCUT2D eigenvalue weighted by Crippen LogP contribution is -2.36. The molecule has 2 heterocycles. The van der Waals surface area contributed by atoms with E-state index in [4.69, 9.17) is 14.0 Å². The van der Waals surface area contributed by atoms with E-state index in [2.05, 4.69) is 11.9 Å². The van der Waals surface area contributed by atoms with Crippen LogP contribution < -0.4 is 11.2 Å². The Bertz CT molecular complexity index is 1250. The summed E-state index contributed by atoms with van der Waals surface area (Å²) in [5, 5.41) is 9.80. The van der Waals surface area contributed by atoms with Crippen molar-refractivity contribution in [2.75, 3.05) is 26.5 Å². The molecule has 0 saturated carbocycles. The second-order valence-corrected chi connectivity index (χ2v) is 16.1. The molecule has 3 atom stereocenters. The van der Waals surface area contributed by atoms with Crippen LogP contribution in [0.25, 0.3) is 0 Å². The highest BCUT2D eigenvalue weighted by molar-refractivity contribution is 7.93. The second kappa shape index (κ2) is 23.6. The van der Waals surface area contributed by atoms with Crippen LogP contribution in [0.15, 0.2) is 33.4 Å². The fraction of sp³-hybridized carbons (Fsp3) is 0.818. The van der Waals surface area contributed by atoms with Gasteiger partial charge in [-0.25, -0.2) is 13.2 Å². The van der Waals surface area contributed by atoms with Crippen LogP contribution in [0.2, 0.25) is 0 Å². The molecule has 0 radical (unpaired) electrons. The van der Waals surface area contributed by atoms with Gasteiger partial charge in [0.2, 0.25) is 16.3 Å². The number of aliphatic hydroxyl groups is 1. The molecule has 0 aromatic carbocycles. The number of rotatable bonds is 28. The first-order chi connectivity index (χ1) is 22.7. The molecule has 0 amide bonds. The summed E-state index contributed by atoms with van der Waals surface area (Å²) >= 11 is 0. The summed E-state index contributed by atoms with van der Waals surface area (Å²) in [5.41, 5.74) is -1.38. The maximum atomic E-state index is 12.9. The summed E-state index contributed by atoms with van der Waals surface area (Å²) in [6, 6.07) is 1.12. The van der Waals surface area contributed by atoms with Crippen molar-refractivity contribution in [1.29, 1.82) is 0 Å². The maximum absolute atomic E-state index is 12.9. The monoisotopic (exact) mass is 705 g/mol. The molecule has 3 N–H and O–H groups in total. The highest BCUT2D eigenvalue weighted by Gasteiger charge is 2.43. The van der Waals surface area contributed by atoms with Gasteiger partial charge in [-0.15, -0.1) is 4.08 Å². The number of methoxy groups -OCH3 is 1. The van der Waals surface area contributed by atoms with Gasteiger partial charge in [-0.05, 0) is 6.42 Å². The van der Waals surface area contributed by atoms with Crippen LogP contribution in [0.3, 0.4) is 0 Å². The highest BCUT2D eigenvalue weighted by Crippen LogP contribution is 2.46. The first-order valence-electron chi connectivity index (χ1n) is 17.6. The van der Waals surface area contributed by atoms with E-state index in [1.54, 1.807) is 0 Å². The molecule has 0 fully saturated rings. The Morgan fingerprint density at radius 1 is 0.872 bits per heavy atom. The number of hydrogen-bond donors (Lipinski definition) is 3. The fourth-order valence-corrected chi connectivity index (χ4v) is 8.28. The van der Waals surface area contributed by atoms with Crippen LogP contribution in [-0.2, 0) is 24.0 Å².